The molecular formula is C22H24N2O2. The summed E-state index contributed by atoms with van der Waals surface area (Å²) in [6.07, 6.45) is 0.770. The van der Waals surface area contributed by atoms with Gasteiger partial charge in [-0.1, -0.05) is 48.0 Å². The number of nitrogens with zero attached hydrogens (tertiary/aromatic N) is 1. The smallest absolute Gasteiger partial charge is 0.253 e. The molecule has 0 radical (unpaired) electrons. The van der Waals surface area contributed by atoms with Gasteiger partial charge >= 0.3 is 0 Å². The fourth-order valence-corrected chi connectivity index (χ4v) is 3.23. The molecule has 0 bridgehead atoms. The quantitative estimate of drug-likeness (QED) is 0.764. The second-order valence-corrected chi connectivity index (χ2v) is 6.84. The van der Waals surface area contributed by atoms with E-state index in [1.54, 1.807) is 11.8 Å². The van der Waals surface area contributed by atoms with Gasteiger partial charge in [0, 0.05) is 19.0 Å². The number of amides is 1. The molecule has 0 aliphatic rings. The highest BCUT2D eigenvalue weighted by Gasteiger charge is 2.13. The van der Waals surface area contributed by atoms with E-state index in [-0.39, 0.29) is 11.5 Å². The molecule has 0 aliphatic heterocycles. The van der Waals surface area contributed by atoms with Gasteiger partial charge in [-0.25, -0.2) is 0 Å². The molecule has 0 atom stereocenters. The highest BCUT2D eigenvalue weighted by molar-refractivity contribution is 5.82. The third-order valence-electron chi connectivity index (χ3n) is 4.72. The summed E-state index contributed by atoms with van der Waals surface area (Å²) in [5.41, 5.74) is 4.78. The van der Waals surface area contributed by atoms with E-state index in [0.29, 0.717) is 18.7 Å². The van der Waals surface area contributed by atoms with E-state index < -0.39 is 0 Å². The lowest BCUT2D eigenvalue weighted by Gasteiger charge is -2.21. The lowest BCUT2D eigenvalue weighted by molar-refractivity contribution is -0.129. The number of para-hydroxylation sites is 1. The molecule has 134 valence electrons. The predicted octanol–water partition coefficient (Wildman–Crippen LogP) is 3.74. The summed E-state index contributed by atoms with van der Waals surface area (Å²) in [7, 11) is 0. The summed E-state index contributed by atoms with van der Waals surface area (Å²) in [6, 6.07) is 16.1. The maximum absolute atomic E-state index is 12.5. The zero-order valence-electron chi connectivity index (χ0n) is 15.5. The molecule has 4 heteroatoms. The second kappa shape index (κ2) is 7.56. The molecule has 0 saturated heterocycles. The number of aromatic nitrogens is 1. The molecule has 3 aromatic rings. The van der Waals surface area contributed by atoms with E-state index in [4.69, 9.17) is 0 Å². The number of carbonyl (C=O) groups excluding carboxylic acids is 1. The summed E-state index contributed by atoms with van der Waals surface area (Å²) in [4.78, 5) is 29.2. The van der Waals surface area contributed by atoms with Gasteiger partial charge in [0.2, 0.25) is 5.91 Å². The molecule has 0 unspecified atom stereocenters. The SMILES string of the molecule is CC(=O)N(CCc1cccc(C)c1)Cc1cc2cccc(C)c2[nH]c1=O. The minimum atomic E-state index is -0.131. The maximum Gasteiger partial charge on any atom is 0.253 e. The van der Waals surface area contributed by atoms with Crippen molar-refractivity contribution in [2.24, 2.45) is 0 Å². The fourth-order valence-electron chi connectivity index (χ4n) is 3.23. The standard InChI is InChI=1S/C22H24N2O2/c1-15-6-4-8-18(12-15)10-11-24(17(3)25)14-20-13-19-9-5-7-16(2)21(19)23-22(20)26/h4-9,12-13H,10-11,14H2,1-3H3,(H,23,26). The summed E-state index contributed by atoms with van der Waals surface area (Å²) in [6.45, 7) is 6.49. The normalized spacial score (nSPS) is 10.9. The first-order chi connectivity index (χ1) is 12.4. The van der Waals surface area contributed by atoms with Crippen LogP contribution in [0.2, 0.25) is 0 Å². The lowest BCUT2D eigenvalue weighted by atomic mass is 10.1. The average Bonchev–Trinajstić information content (AvgIpc) is 2.59. The summed E-state index contributed by atoms with van der Waals surface area (Å²) in [5.74, 6) is -0.0265. The van der Waals surface area contributed by atoms with Crippen LogP contribution < -0.4 is 5.56 Å². The molecule has 1 aromatic heterocycles. The van der Waals surface area contributed by atoms with Gasteiger partial charge in [0.15, 0.2) is 0 Å². The molecular weight excluding hydrogens is 324 g/mol. The largest absolute Gasteiger partial charge is 0.338 e. The molecule has 1 N–H and O–H groups in total. The topological polar surface area (TPSA) is 53.2 Å². The number of aromatic amines is 1. The van der Waals surface area contributed by atoms with Crippen molar-refractivity contribution in [3.8, 4) is 0 Å². The number of rotatable bonds is 5. The van der Waals surface area contributed by atoms with Gasteiger partial charge in [-0.3, -0.25) is 9.59 Å². The lowest BCUT2D eigenvalue weighted by Crippen LogP contribution is -2.32. The first kappa shape index (κ1) is 17.9. The molecule has 1 heterocycles. The summed E-state index contributed by atoms with van der Waals surface area (Å²) in [5, 5.41) is 0.988. The van der Waals surface area contributed by atoms with Crippen LogP contribution in [0.25, 0.3) is 10.9 Å². The first-order valence-corrected chi connectivity index (χ1v) is 8.86. The number of benzene rings is 2. The Kier molecular flexibility index (Phi) is 5.21. The Morgan fingerprint density at radius 2 is 1.85 bits per heavy atom. The van der Waals surface area contributed by atoms with Crippen molar-refractivity contribution in [3.63, 3.8) is 0 Å². The number of fused-ring (bicyclic) bond motifs is 1. The number of nitrogens with one attached hydrogen (secondary N) is 1. The zero-order chi connectivity index (χ0) is 18.7. The third kappa shape index (κ3) is 4.02. The molecule has 0 fully saturated rings. The summed E-state index contributed by atoms with van der Waals surface area (Å²) < 4.78 is 0. The summed E-state index contributed by atoms with van der Waals surface area (Å²) >= 11 is 0. The van der Waals surface area contributed by atoms with E-state index in [1.807, 2.05) is 37.3 Å². The Labute approximate surface area is 153 Å². The Hall–Kier alpha value is -2.88. The minimum Gasteiger partial charge on any atom is -0.338 e. The van der Waals surface area contributed by atoms with Crippen molar-refractivity contribution in [2.75, 3.05) is 6.54 Å². The molecule has 1 amide bonds. The number of hydrogen-bond donors (Lipinski definition) is 1. The molecule has 26 heavy (non-hydrogen) atoms. The Balaban J connectivity index is 1.82. The van der Waals surface area contributed by atoms with Crippen LogP contribution in [-0.2, 0) is 17.8 Å². The van der Waals surface area contributed by atoms with Crippen LogP contribution in [0.3, 0.4) is 0 Å². The Morgan fingerprint density at radius 3 is 2.58 bits per heavy atom. The molecule has 0 spiro atoms. The van der Waals surface area contributed by atoms with Gasteiger partial charge in [0.05, 0.1) is 12.1 Å². The van der Waals surface area contributed by atoms with Crippen molar-refractivity contribution >= 4 is 16.8 Å². The van der Waals surface area contributed by atoms with Crippen molar-refractivity contribution in [1.29, 1.82) is 0 Å². The first-order valence-electron chi connectivity index (χ1n) is 8.86. The van der Waals surface area contributed by atoms with Crippen LogP contribution in [0.15, 0.2) is 53.3 Å². The van der Waals surface area contributed by atoms with Gasteiger partial charge in [-0.05, 0) is 42.8 Å². The number of pyridine rings is 1. The van der Waals surface area contributed by atoms with Crippen molar-refractivity contribution < 1.29 is 4.79 Å². The van der Waals surface area contributed by atoms with Crippen molar-refractivity contribution in [1.82, 2.24) is 9.88 Å². The number of hydrogen-bond acceptors (Lipinski definition) is 2. The molecule has 2 aromatic carbocycles. The van der Waals surface area contributed by atoms with E-state index >= 15 is 0 Å². The van der Waals surface area contributed by atoms with Crippen LogP contribution in [0, 0.1) is 13.8 Å². The highest BCUT2D eigenvalue weighted by Crippen LogP contribution is 2.16. The van der Waals surface area contributed by atoms with E-state index in [0.717, 1.165) is 22.9 Å². The maximum atomic E-state index is 12.5. The highest BCUT2D eigenvalue weighted by atomic mass is 16.2. The van der Waals surface area contributed by atoms with Gasteiger partial charge in [0.1, 0.15) is 0 Å². The average molecular weight is 348 g/mol. The number of H-pyrrole nitrogens is 1. The molecule has 3 rings (SSSR count). The van der Waals surface area contributed by atoms with E-state index in [2.05, 4.69) is 30.1 Å². The van der Waals surface area contributed by atoms with Crippen LogP contribution in [0.1, 0.15) is 29.2 Å². The monoisotopic (exact) mass is 348 g/mol. The minimum absolute atomic E-state index is 0.0265. The van der Waals surface area contributed by atoms with E-state index in [1.165, 1.54) is 11.1 Å². The molecule has 4 nitrogen and oxygen atoms in total. The van der Waals surface area contributed by atoms with Crippen LogP contribution >= 0.6 is 0 Å². The van der Waals surface area contributed by atoms with Crippen LogP contribution in [0.4, 0.5) is 0 Å². The molecule has 0 saturated carbocycles. The van der Waals surface area contributed by atoms with E-state index in [9.17, 15) is 9.59 Å². The second-order valence-electron chi connectivity index (χ2n) is 6.84. The number of carbonyl (C=O) groups is 1. The fraction of sp³-hybridized carbons (Fsp3) is 0.273. The molecule has 0 aliphatic carbocycles. The van der Waals surface area contributed by atoms with Crippen molar-refractivity contribution in [3.05, 3.63) is 81.1 Å². The third-order valence-corrected chi connectivity index (χ3v) is 4.72. The predicted molar refractivity (Wildman–Crippen MR) is 105 cm³/mol. The van der Waals surface area contributed by atoms with Gasteiger partial charge in [-0.15, -0.1) is 0 Å². The van der Waals surface area contributed by atoms with Crippen LogP contribution in [-0.4, -0.2) is 22.3 Å². The Bertz CT molecular complexity index is 1000. The van der Waals surface area contributed by atoms with Gasteiger partial charge < -0.3 is 9.88 Å². The van der Waals surface area contributed by atoms with Crippen molar-refractivity contribution in [2.45, 2.75) is 33.7 Å². The van der Waals surface area contributed by atoms with Gasteiger partial charge in [0.25, 0.3) is 5.56 Å². The Morgan fingerprint density at radius 1 is 1.08 bits per heavy atom. The van der Waals surface area contributed by atoms with Crippen LogP contribution in [0.5, 0.6) is 0 Å². The zero-order valence-corrected chi connectivity index (χ0v) is 15.5. The number of aryl methyl sites for hydroxylation is 2. The van der Waals surface area contributed by atoms with Gasteiger partial charge in [-0.2, -0.15) is 0 Å².